The largest absolute Gasteiger partial charge is 0.368 e. The van der Waals surface area contributed by atoms with Crippen molar-refractivity contribution < 1.29 is 8.42 Å². The van der Waals surface area contributed by atoms with Gasteiger partial charge >= 0.3 is 0 Å². The van der Waals surface area contributed by atoms with E-state index < -0.39 is 9.84 Å². The van der Waals surface area contributed by atoms with Crippen LogP contribution in [0.25, 0.3) is 0 Å². The fraction of sp³-hybridized carbons (Fsp3) is 0.500. The smallest absolute Gasteiger partial charge is 0.152 e. The molecular formula is C12H17NO2S. The van der Waals surface area contributed by atoms with E-state index in [1.807, 2.05) is 30.3 Å². The van der Waals surface area contributed by atoms with Crippen molar-refractivity contribution >= 4 is 15.5 Å². The molecule has 3 nitrogen and oxygen atoms in total. The molecule has 0 aliphatic carbocycles. The van der Waals surface area contributed by atoms with Gasteiger partial charge in [-0.3, -0.25) is 0 Å². The Labute approximate surface area is 97.0 Å². The first-order valence-corrected chi connectivity index (χ1v) is 7.46. The number of anilines is 1. The van der Waals surface area contributed by atoms with E-state index in [9.17, 15) is 8.42 Å². The zero-order valence-electron chi connectivity index (χ0n) is 9.46. The number of nitrogens with zero attached hydrogens (tertiary/aromatic N) is 1. The van der Waals surface area contributed by atoms with Crippen LogP contribution in [0.1, 0.15) is 13.3 Å². The summed E-state index contributed by atoms with van der Waals surface area (Å²) < 4.78 is 22.9. The van der Waals surface area contributed by atoms with Crippen molar-refractivity contribution in [2.45, 2.75) is 19.4 Å². The Balaban J connectivity index is 2.19. The molecule has 0 aromatic heterocycles. The van der Waals surface area contributed by atoms with Gasteiger partial charge in [0.15, 0.2) is 9.84 Å². The van der Waals surface area contributed by atoms with E-state index in [1.54, 1.807) is 0 Å². The molecular weight excluding hydrogens is 222 g/mol. The van der Waals surface area contributed by atoms with Gasteiger partial charge < -0.3 is 4.90 Å². The van der Waals surface area contributed by atoms with Crippen LogP contribution in [0.4, 0.5) is 5.69 Å². The van der Waals surface area contributed by atoms with Crippen LogP contribution < -0.4 is 4.90 Å². The van der Waals surface area contributed by atoms with Crippen LogP contribution in [0, 0.1) is 0 Å². The third kappa shape index (κ3) is 2.38. The third-order valence-electron chi connectivity index (χ3n) is 3.08. The summed E-state index contributed by atoms with van der Waals surface area (Å²) in [5.41, 5.74) is 1.12. The summed E-state index contributed by atoms with van der Waals surface area (Å²) in [7, 11) is -2.80. The van der Waals surface area contributed by atoms with E-state index in [-0.39, 0.29) is 6.04 Å². The van der Waals surface area contributed by atoms with Crippen LogP contribution in [0.15, 0.2) is 30.3 Å². The van der Waals surface area contributed by atoms with Gasteiger partial charge in [0.25, 0.3) is 0 Å². The van der Waals surface area contributed by atoms with Crippen LogP contribution >= 0.6 is 0 Å². The van der Waals surface area contributed by atoms with E-state index >= 15 is 0 Å². The van der Waals surface area contributed by atoms with Crippen LogP contribution in [-0.2, 0) is 9.84 Å². The first-order valence-electron chi connectivity index (χ1n) is 5.64. The van der Waals surface area contributed by atoms with Crippen molar-refractivity contribution in [3.05, 3.63) is 30.3 Å². The van der Waals surface area contributed by atoms with Crippen molar-refractivity contribution in [3.63, 3.8) is 0 Å². The van der Waals surface area contributed by atoms with Gasteiger partial charge in [0.2, 0.25) is 0 Å². The van der Waals surface area contributed by atoms with E-state index in [4.69, 9.17) is 0 Å². The van der Waals surface area contributed by atoms with Gasteiger partial charge in [-0.15, -0.1) is 0 Å². The second kappa shape index (κ2) is 4.45. The molecule has 16 heavy (non-hydrogen) atoms. The fourth-order valence-corrected chi connectivity index (χ4v) is 4.02. The normalized spacial score (nSPS) is 23.2. The van der Waals surface area contributed by atoms with Gasteiger partial charge in [-0.25, -0.2) is 8.42 Å². The Morgan fingerprint density at radius 3 is 2.50 bits per heavy atom. The topological polar surface area (TPSA) is 37.4 Å². The van der Waals surface area contributed by atoms with Crippen molar-refractivity contribution in [3.8, 4) is 0 Å². The quantitative estimate of drug-likeness (QED) is 0.805. The predicted molar refractivity (Wildman–Crippen MR) is 66.5 cm³/mol. The highest BCUT2D eigenvalue weighted by Crippen LogP contribution is 2.23. The zero-order chi connectivity index (χ0) is 11.6. The van der Waals surface area contributed by atoms with Crippen LogP contribution in [0.5, 0.6) is 0 Å². The highest BCUT2D eigenvalue weighted by Gasteiger charge is 2.31. The van der Waals surface area contributed by atoms with E-state index in [1.165, 1.54) is 0 Å². The summed E-state index contributed by atoms with van der Waals surface area (Å²) in [5.74, 6) is 0.636. The number of para-hydroxylation sites is 1. The minimum atomic E-state index is -2.80. The lowest BCUT2D eigenvalue weighted by atomic mass is 10.2. The minimum Gasteiger partial charge on any atom is -0.368 e. The van der Waals surface area contributed by atoms with Gasteiger partial charge in [-0.05, 0) is 25.5 Å². The molecule has 0 spiro atoms. The maximum absolute atomic E-state index is 11.5. The zero-order valence-corrected chi connectivity index (χ0v) is 10.3. The molecule has 0 N–H and O–H groups in total. The average Bonchev–Trinajstić information content (AvgIpc) is 2.62. The first-order chi connectivity index (χ1) is 7.62. The summed E-state index contributed by atoms with van der Waals surface area (Å²) in [6, 6.07) is 10.2. The highest BCUT2D eigenvalue weighted by molar-refractivity contribution is 7.91. The molecule has 0 radical (unpaired) electrons. The Morgan fingerprint density at radius 1 is 1.31 bits per heavy atom. The lowest BCUT2D eigenvalue weighted by Crippen LogP contribution is -2.36. The van der Waals surface area contributed by atoms with Crippen LogP contribution in [0.2, 0.25) is 0 Å². The molecule has 0 saturated carbocycles. The monoisotopic (exact) mass is 239 g/mol. The second-order valence-corrected chi connectivity index (χ2v) is 6.41. The SMILES string of the molecule is CCN(c1ccccc1)[C@H]1CCS(=O)(=O)C1. The molecule has 4 heteroatoms. The summed E-state index contributed by atoms with van der Waals surface area (Å²) >= 11 is 0. The number of hydrogen-bond donors (Lipinski definition) is 0. The Kier molecular flexibility index (Phi) is 3.19. The molecule has 1 aliphatic heterocycles. The molecule has 88 valence electrons. The molecule has 1 saturated heterocycles. The van der Waals surface area contributed by atoms with E-state index in [0.29, 0.717) is 11.5 Å². The summed E-state index contributed by atoms with van der Waals surface area (Å²) in [4.78, 5) is 2.19. The van der Waals surface area contributed by atoms with Crippen molar-refractivity contribution in [2.24, 2.45) is 0 Å². The summed E-state index contributed by atoms with van der Waals surface area (Å²) in [6.07, 6.45) is 0.755. The van der Waals surface area contributed by atoms with Gasteiger partial charge in [0.05, 0.1) is 11.5 Å². The Morgan fingerprint density at radius 2 is 2.00 bits per heavy atom. The Bertz CT molecular complexity index is 441. The van der Waals surface area contributed by atoms with Gasteiger partial charge in [0.1, 0.15) is 0 Å². The average molecular weight is 239 g/mol. The third-order valence-corrected chi connectivity index (χ3v) is 4.83. The highest BCUT2D eigenvalue weighted by atomic mass is 32.2. The molecule has 1 aromatic carbocycles. The van der Waals surface area contributed by atoms with Crippen LogP contribution in [-0.4, -0.2) is 32.5 Å². The molecule has 1 atom stereocenters. The van der Waals surface area contributed by atoms with E-state index in [2.05, 4.69) is 11.8 Å². The molecule has 1 aromatic rings. The van der Waals surface area contributed by atoms with Crippen molar-refractivity contribution in [2.75, 3.05) is 23.0 Å². The molecule has 1 fully saturated rings. The second-order valence-electron chi connectivity index (χ2n) is 4.18. The molecule has 1 aliphatic rings. The van der Waals surface area contributed by atoms with Gasteiger partial charge in [0, 0.05) is 18.3 Å². The van der Waals surface area contributed by atoms with Gasteiger partial charge in [-0.2, -0.15) is 0 Å². The maximum Gasteiger partial charge on any atom is 0.152 e. The standard InChI is InChI=1S/C12H17NO2S/c1-2-13(11-6-4-3-5-7-11)12-8-9-16(14,15)10-12/h3-7,12H,2,8-10H2,1H3/t12-/m0/s1. The first kappa shape index (κ1) is 11.5. The number of benzene rings is 1. The van der Waals surface area contributed by atoms with Crippen molar-refractivity contribution in [1.82, 2.24) is 0 Å². The molecule has 0 unspecified atom stereocenters. The number of hydrogen-bond acceptors (Lipinski definition) is 3. The predicted octanol–water partition coefficient (Wildman–Crippen LogP) is 1.70. The molecule has 2 rings (SSSR count). The summed E-state index contributed by atoms with van der Waals surface area (Å²) in [6.45, 7) is 2.92. The molecule has 1 heterocycles. The fourth-order valence-electron chi connectivity index (χ4n) is 2.29. The minimum absolute atomic E-state index is 0.150. The molecule has 0 amide bonds. The van der Waals surface area contributed by atoms with Gasteiger partial charge in [-0.1, -0.05) is 18.2 Å². The lowest BCUT2D eigenvalue weighted by Gasteiger charge is -2.29. The molecule has 0 bridgehead atoms. The lowest BCUT2D eigenvalue weighted by molar-refractivity contribution is 0.600. The Hall–Kier alpha value is -1.03. The number of rotatable bonds is 3. The number of sulfone groups is 1. The maximum atomic E-state index is 11.5. The van der Waals surface area contributed by atoms with Crippen molar-refractivity contribution in [1.29, 1.82) is 0 Å². The summed E-state index contributed by atoms with van der Waals surface area (Å²) in [5, 5.41) is 0. The van der Waals surface area contributed by atoms with E-state index in [0.717, 1.165) is 18.7 Å². The van der Waals surface area contributed by atoms with Crippen LogP contribution in [0.3, 0.4) is 0 Å².